The molecule has 0 saturated carbocycles. The van der Waals surface area contributed by atoms with Gasteiger partial charge in [0.2, 0.25) is 5.91 Å². The van der Waals surface area contributed by atoms with Crippen LogP contribution < -0.4 is 10.6 Å². The van der Waals surface area contributed by atoms with Gasteiger partial charge in [0.25, 0.3) is 5.91 Å². The highest BCUT2D eigenvalue weighted by Gasteiger charge is 2.23. The quantitative estimate of drug-likeness (QED) is 0.466. The lowest BCUT2D eigenvalue weighted by Crippen LogP contribution is -2.43. The molecule has 1 aromatic heterocycles. The third-order valence-electron chi connectivity index (χ3n) is 4.30. The second-order valence-electron chi connectivity index (χ2n) is 6.78. The monoisotopic (exact) mass is 426 g/mol. The molecule has 0 radical (unpaired) electrons. The van der Waals surface area contributed by atoms with Crippen molar-refractivity contribution in [1.29, 1.82) is 0 Å². The molecule has 4 N–H and O–H groups in total. The molecular weight excluding hydrogens is 406 g/mol. The number of amides is 2. The highest BCUT2D eigenvalue weighted by molar-refractivity contribution is 5.97. The zero-order valence-corrected chi connectivity index (χ0v) is 16.5. The van der Waals surface area contributed by atoms with Crippen molar-refractivity contribution < 1.29 is 23.5 Å². The highest BCUT2D eigenvalue weighted by Crippen LogP contribution is 2.17. The van der Waals surface area contributed by atoms with E-state index in [0.29, 0.717) is 11.8 Å². The van der Waals surface area contributed by atoms with Gasteiger partial charge in [-0.15, -0.1) is 0 Å². The van der Waals surface area contributed by atoms with Crippen molar-refractivity contribution in [1.82, 2.24) is 15.5 Å². The number of aliphatic hydroxyl groups is 1. The predicted octanol–water partition coefficient (Wildman–Crippen LogP) is 3.04. The van der Waals surface area contributed by atoms with Gasteiger partial charge in [-0.1, -0.05) is 36.4 Å². The maximum absolute atomic E-state index is 13.3. The molecule has 0 aliphatic carbocycles. The van der Waals surface area contributed by atoms with Crippen LogP contribution in [0.5, 0.6) is 0 Å². The van der Waals surface area contributed by atoms with Gasteiger partial charge in [0.15, 0.2) is 11.9 Å². The number of aromatic nitrogens is 2. The summed E-state index contributed by atoms with van der Waals surface area (Å²) in [5.74, 6) is -3.17. The Balaban J connectivity index is 1.56. The summed E-state index contributed by atoms with van der Waals surface area (Å²) in [5, 5.41) is 21.6. The van der Waals surface area contributed by atoms with Gasteiger partial charge in [0, 0.05) is 12.1 Å². The molecular formula is C22H20F2N4O3. The summed E-state index contributed by atoms with van der Waals surface area (Å²) in [6.07, 6.45) is 1.83. The second kappa shape index (κ2) is 9.77. The van der Waals surface area contributed by atoms with E-state index in [1.54, 1.807) is 12.1 Å². The lowest BCUT2D eigenvalue weighted by atomic mass is 10.1. The minimum Gasteiger partial charge on any atom is -0.378 e. The molecule has 1 heterocycles. The van der Waals surface area contributed by atoms with E-state index in [1.165, 1.54) is 6.92 Å². The number of anilines is 1. The largest absolute Gasteiger partial charge is 0.378 e. The maximum atomic E-state index is 13.3. The van der Waals surface area contributed by atoms with Crippen LogP contribution in [0.4, 0.5) is 14.6 Å². The molecule has 2 unspecified atom stereocenters. The number of carbonyl (C=O) groups is 2. The molecule has 7 nitrogen and oxygen atoms in total. The number of aromatic amines is 1. The molecule has 2 amide bonds. The fourth-order valence-corrected chi connectivity index (χ4v) is 2.71. The third kappa shape index (κ3) is 6.06. The van der Waals surface area contributed by atoms with Crippen molar-refractivity contribution >= 4 is 29.8 Å². The number of halogens is 2. The van der Waals surface area contributed by atoms with E-state index in [-0.39, 0.29) is 11.4 Å². The summed E-state index contributed by atoms with van der Waals surface area (Å²) in [4.78, 5) is 24.4. The molecule has 2 aromatic carbocycles. The summed E-state index contributed by atoms with van der Waals surface area (Å²) in [6.45, 7) is 1.40. The highest BCUT2D eigenvalue weighted by atomic mass is 19.1. The first-order chi connectivity index (χ1) is 14.8. The molecule has 3 rings (SSSR count). The molecule has 9 heteroatoms. The van der Waals surface area contributed by atoms with Crippen molar-refractivity contribution in [2.24, 2.45) is 0 Å². The van der Waals surface area contributed by atoms with Gasteiger partial charge in [-0.3, -0.25) is 14.7 Å². The summed E-state index contributed by atoms with van der Waals surface area (Å²) in [7, 11) is 0. The van der Waals surface area contributed by atoms with Gasteiger partial charge >= 0.3 is 0 Å². The van der Waals surface area contributed by atoms with E-state index < -0.39 is 35.6 Å². The number of benzene rings is 2. The molecule has 0 bridgehead atoms. The van der Waals surface area contributed by atoms with Crippen LogP contribution in [-0.4, -0.2) is 33.2 Å². The van der Waals surface area contributed by atoms with Gasteiger partial charge < -0.3 is 15.7 Å². The van der Waals surface area contributed by atoms with Crippen LogP contribution >= 0.6 is 0 Å². The maximum Gasteiger partial charge on any atom is 0.254 e. The Hall–Kier alpha value is -3.85. The number of nitrogens with one attached hydrogen (secondary N) is 3. The van der Waals surface area contributed by atoms with E-state index in [4.69, 9.17) is 0 Å². The molecule has 31 heavy (non-hydrogen) atoms. The predicted molar refractivity (Wildman–Crippen MR) is 112 cm³/mol. The van der Waals surface area contributed by atoms with Gasteiger partial charge in [-0.05, 0) is 36.3 Å². The number of H-pyrrole nitrogens is 1. The summed E-state index contributed by atoms with van der Waals surface area (Å²) >= 11 is 0. The van der Waals surface area contributed by atoms with Gasteiger partial charge in [0.1, 0.15) is 17.7 Å². The smallest absolute Gasteiger partial charge is 0.254 e. The fraction of sp³-hybridized carbons (Fsp3) is 0.136. The van der Waals surface area contributed by atoms with Crippen LogP contribution in [0.1, 0.15) is 29.8 Å². The first-order valence-corrected chi connectivity index (χ1v) is 9.35. The molecule has 160 valence electrons. The first kappa shape index (κ1) is 21.8. The van der Waals surface area contributed by atoms with Crippen molar-refractivity contribution in [3.05, 3.63) is 83.1 Å². The van der Waals surface area contributed by atoms with E-state index in [2.05, 4.69) is 20.8 Å². The zero-order valence-electron chi connectivity index (χ0n) is 16.5. The van der Waals surface area contributed by atoms with E-state index in [1.807, 2.05) is 36.4 Å². The summed E-state index contributed by atoms with van der Waals surface area (Å²) in [5.41, 5.74) is 1.39. The summed E-state index contributed by atoms with van der Waals surface area (Å²) in [6, 6.07) is 12.5. The van der Waals surface area contributed by atoms with Crippen LogP contribution in [0.2, 0.25) is 0 Å². The average Bonchev–Trinajstić information content (AvgIpc) is 3.19. The minimum absolute atomic E-state index is 0.242. The third-order valence-corrected chi connectivity index (χ3v) is 4.30. The number of nitrogens with zero attached hydrogens (tertiary/aromatic N) is 1. The molecule has 0 aliphatic heterocycles. The molecule has 0 aliphatic rings. The van der Waals surface area contributed by atoms with Crippen molar-refractivity contribution in [3.8, 4) is 0 Å². The van der Waals surface area contributed by atoms with Crippen LogP contribution in [0.3, 0.4) is 0 Å². The Morgan fingerprint density at radius 1 is 1.03 bits per heavy atom. The second-order valence-corrected chi connectivity index (χ2v) is 6.78. The van der Waals surface area contributed by atoms with Crippen LogP contribution in [0.25, 0.3) is 12.2 Å². The Morgan fingerprint density at radius 2 is 1.71 bits per heavy atom. The van der Waals surface area contributed by atoms with Gasteiger partial charge in [-0.2, -0.15) is 5.10 Å². The van der Waals surface area contributed by atoms with Crippen molar-refractivity contribution in [2.75, 3.05) is 5.32 Å². The zero-order chi connectivity index (χ0) is 22.4. The van der Waals surface area contributed by atoms with E-state index in [0.717, 1.165) is 17.7 Å². The lowest BCUT2D eigenvalue weighted by molar-refractivity contribution is -0.132. The SMILES string of the molecule is CC(NC(=O)C(O)c1cc(F)cc(F)c1)C(=O)Nc1cc(/C=C/c2ccccc2)[nH]n1. The first-order valence-electron chi connectivity index (χ1n) is 9.35. The normalized spacial score (nSPS) is 13.0. The van der Waals surface area contributed by atoms with Crippen molar-refractivity contribution in [3.63, 3.8) is 0 Å². The number of hydrogen-bond donors (Lipinski definition) is 4. The lowest BCUT2D eigenvalue weighted by Gasteiger charge is -2.16. The number of rotatable bonds is 7. The Labute approximate surface area is 176 Å². The average molecular weight is 426 g/mol. The van der Waals surface area contributed by atoms with Crippen LogP contribution in [0.15, 0.2) is 54.6 Å². The van der Waals surface area contributed by atoms with Crippen LogP contribution in [-0.2, 0) is 9.59 Å². The van der Waals surface area contributed by atoms with Crippen molar-refractivity contribution in [2.45, 2.75) is 19.1 Å². The Bertz CT molecular complexity index is 1080. The van der Waals surface area contributed by atoms with Gasteiger partial charge in [0.05, 0.1) is 5.69 Å². The topological polar surface area (TPSA) is 107 Å². The van der Waals surface area contributed by atoms with Crippen LogP contribution in [0, 0.1) is 11.6 Å². The minimum atomic E-state index is -1.83. The molecule has 2 atom stereocenters. The summed E-state index contributed by atoms with van der Waals surface area (Å²) < 4.78 is 26.6. The number of carbonyl (C=O) groups excluding carboxylic acids is 2. The van der Waals surface area contributed by atoms with E-state index in [9.17, 15) is 23.5 Å². The number of aliphatic hydroxyl groups excluding tert-OH is 1. The molecule has 0 fully saturated rings. The fourth-order valence-electron chi connectivity index (χ4n) is 2.71. The standard InChI is InChI=1S/C22H20F2N4O3/c1-13(25-22(31)20(29)15-9-16(23)11-17(24)10-15)21(30)26-19-12-18(27-28-19)8-7-14-5-3-2-4-6-14/h2-13,20,29H,1H3,(H,25,31)(H2,26,27,28,30)/b8-7+. The molecule has 3 aromatic rings. The number of hydrogen-bond acceptors (Lipinski definition) is 4. The van der Waals surface area contributed by atoms with E-state index >= 15 is 0 Å². The molecule has 0 spiro atoms. The Morgan fingerprint density at radius 3 is 2.39 bits per heavy atom. The molecule has 0 saturated heterocycles. The Kier molecular flexibility index (Phi) is 6.88. The van der Waals surface area contributed by atoms with Gasteiger partial charge in [-0.25, -0.2) is 8.78 Å².